The summed E-state index contributed by atoms with van der Waals surface area (Å²) in [5.41, 5.74) is 0.567. The molecule has 11 nitrogen and oxygen atoms in total. The molecular weight excluding hydrogens is 524 g/mol. The van der Waals surface area contributed by atoms with Crippen molar-refractivity contribution in [1.82, 2.24) is 0 Å². The molecule has 1 aliphatic heterocycles. The Bertz CT molecular complexity index is 1430. The average molecular weight is 557 g/mol. The molecule has 5 N–H and O–H groups in total. The second-order valence-electron chi connectivity index (χ2n) is 9.62. The number of carbonyl (C=O) groups is 1. The third-order valence-corrected chi connectivity index (χ3v) is 6.80. The molecular formula is C29H32O11. The maximum atomic E-state index is 13.1. The molecule has 11 heteroatoms. The Hall–Kier alpha value is -3.58. The van der Waals surface area contributed by atoms with Crippen molar-refractivity contribution in [3.05, 3.63) is 81.2 Å². The number of esters is 1. The highest BCUT2D eigenvalue weighted by Crippen LogP contribution is 2.43. The number of hydrogen-bond acceptors (Lipinski definition) is 11. The predicted molar refractivity (Wildman–Crippen MR) is 142 cm³/mol. The Labute approximate surface area is 229 Å². The van der Waals surface area contributed by atoms with E-state index in [0.717, 1.165) is 12.1 Å². The van der Waals surface area contributed by atoms with E-state index in [2.05, 4.69) is 0 Å². The Morgan fingerprint density at radius 3 is 2.45 bits per heavy atom. The van der Waals surface area contributed by atoms with Gasteiger partial charge in [0.1, 0.15) is 47.6 Å². The van der Waals surface area contributed by atoms with Gasteiger partial charge in [-0.3, -0.25) is 4.79 Å². The van der Waals surface area contributed by atoms with E-state index in [4.69, 9.17) is 18.6 Å². The van der Waals surface area contributed by atoms with E-state index in [1.165, 1.54) is 26.2 Å². The van der Waals surface area contributed by atoms with Crippen molar-refractivity contribution in [1.29, 1.82) is 0 Å². The maximum absolute atomic E-state index is 13.1. The fourth-order valence-electron chi connectivity index (χ4n) is 4.71. The molecule has 4 rings (SSSR count). The highest BCUT2D eigenvalue weighted by Gasteiger charge is 2.49. The first-order valence-electron chi connectivity index (χ1n) is 12.6. The van der Waals surface area contributed by atoms with Crippen LogP contribution in [0.4, 0.5) is 0 Å². The average Bonchev–Trinajstić information content (AvgIpc) is 2.94. The Balaban J connectivity index is 1.87. The molecule has 0 bridgehead atoms. The number of aliphatic hydroxyl groups is 5. The lowest BCUT2D eigenvalue weighted by atomic mass is 9.88. The van der Waals surface area contributed by atoms with Crippen molar-refractivity contribution in [2.45, 2.75) is 56.6 Å². The van der Waals surface area contributed by atoms with Crippen molar-refractivity contribution in [2.75, 3.05) is 13.7 Å². The Morgan fingerprint density at radius 1 is 1.12 bits per heavy atom. The lowest BCUT2D eigenvalue weighted by molar-refractivity contribution is -0.239. The van der Waals surface area contributed by atoms with Crippen LogP contribution in [0.15, 0.2) is 57.8 Å². The molecule has 3 aromatic rings. The minimum atomic E-state index is -1.72. The van der Waals surface area contributed by atoms with Gasteiger partial charge in [0.25, 0.3) is 0 Å². The monoisotopic (exact) mass is 556 g/mol. The highest BCUT2D eigenvalue weighted by molar-refractivity contribution is 5.88. The van der Waals surface area contributed by atoms with Crippen molar-refractivity contribution in [3.8, 4) is 5.75 Å². The highest BCUT2D eigenvalue weighted by atomic mass is 16.6. The third-order valence-electron chi connectivity index (χ3n) is 6.80. The molecule has 2 aromatic carbocycles. The molecule has 0 aliphatic carbocycles. The molecule has 1 saturated heterocycles. The number of fused-ring (bicyclic) bond motifs is 1. The van der Waals surface area contributed by atoms with Gasteiger partial charge in [-0.1, -0.05) is 30.3 Å². The first-order chi connectivity index (χ1) is 19.1. The summed E-state index contributed by atoms with van der Waals surface area (Å²) in [5, 5.41) is 51.9. The fourth-order valence-corrected chi connectivity index (χ4v) is 4.71. The van der Waals surface area contributed by atoms with Crippen molar-refractivity contribution >= 4 is 23.0 Å². The summed E-state index contributed by atoms with van der Waals surface area (Å²) in [7, 11) is 1.35. The van der Waals surface area contributed by atoms with Gasteiger partial charge in [0, 0.05) is 12.1 Å². The van der Waals surface area contributed by atoms with Crippen LogP contribution >= 0.6 is 0 Å². The zero-order valence-corrected chi connectivity index (χ0v) is 22.1. The van der Waals surface area contributed by atoms with E-state index in [1.54, 1.807) is 31.2 Å². The number of methoxy groups -OCH3 is 1. The number of ether oxygens (including phenoxy) is 3. The molecule has 1 fully saturated rings. The molecule has 0 radical (unpaired) electrons. The normalized spacial score (nSPS) is 24.6. The van der Waals surface area contributed by atoms with E-state index in [9.17, 15) is 35.1 Å². The SMILES string of the molecule is COc1cc(C)c2c(=O)cc(C(O)C(C)O)oc2c1C1OC(CO)C(O)C(O)C1OC(=O)C=Cc1ccccc1. The molecule has 7 unspecified atom stereocenters. The molecule has 1 aromatic heterocycles. The summed E-state index contributed by atoms with van der Waals surface area (Å²) in [4.78, 5) is 26.0. The van der Waals surface area contributed by atoms with E-state index < -0.39 is 60.7 Å². The van der Waals surface area contributed by atoms with Gasteiger partial charge in [-0.25, -0.2) is 4.79 Å². The summed E-state index contributed by atoms with van der Waals surface area (Å²) in [5.74, 6) is -0.975. The van der Waals surface area contributed by atoms with Crippen LogP contribution in [0, 0.1) is 6.92 Å². The van der Waals surface area contributed by atoms with Crippen LogP contribution in [0.5, 0.6) is 5.75 Å². The standard InChI is InChI=1S/C29H32O11/c1-14-11-18(37-3)23(27-22(14)17(32)12-19(38-27)24(34)15(2)31)28-29(26(36)25(35)20(13-30)39-28)40-21(33)10-9-16-7-5-4-6-8-16/h4-12,15,20,24-26,28-31,34-36H,13H2,1-3H3. The minimum Gasteiger partial charge on any atom is -0.496 e. The second kappa shape index (κ2) is 12.3. The van der Waals surface area contributed by atoms with E-state index in [-0.39, 0.29) is 28.0 Å². The number of hydrogen-bond donors (Lipinski definition) is 5. The predicted octanol–water partition coefficient (Wildman–Crippen LogP) is 1.30. The van der Waals surface area contributed by atoms with Crippen LogP contribution in [0.3, 0.4) is 0 Å². The maximum Gasteiger partial charge on any atom is 0.331 e. The Kier molecular flexibility index (Phi) is 9.04. The van der Waals surface area contributed by atoms with Gasteiger partial charge in [0.2, 0.25) is 0 Å². The summed E-state index contributed by atoms with van der Waals surface area (Å²) in [6.45, 7) is 2.27. The molecule has 1 aliphatic rings. The van der Waals surface area contributed by atoms with Crippen LogP contribution in [-0.2, 0) is 14.3 Å². The van der Waals surface area contributed by atoms with Crippen LogP contribution < -0.4 is 10.2 Å². The van der Waals surface area contributed by atoms with Crippen molar-refractivity contribution < 1.29 is 49.0 Å². The van der Waals surface area contributed by atoms with Gasteiger partial charge in [-0.15, -0.1) is 0 Å². The number of rotatable bonds is 8. The first kappa shape index (κ1) is 29.4. The largest absolute Gasteiger partial charge is 0.496 e. The lowest BCUT2D eigenvalue weighted by Crippen LogP contribution is -2.56. The summed E-state index contributed by atoms with van der Waals surface area (Å²) in [6, 6.07) is 11.5. The molecule has 0 amide bonds. The number of aryl methyl sites for hydroxylation is 1. The van der Waals surface area contributed by atoms with Crippen molar-refractivity contribution in [3.63, 3.8) is 0 Å². The summed E-state index contributed by atoms with van der Waals surface area (Å²) < 4.78 is 23.0. The quantitative estimate of drug-likeness (QED) is 0.200. The van der Waals surface area contributed by atoms with Crippen LogP contribution in [-0.4, -0.2) is 75.7 Å². The lowest BCUT2D eigenvalue weighted by Gasteiger charge is -2.42. The zero-order valence-electron chi connectivity index (χ0n) is 22.1. The zero-order chi connectivity index (χ0) is 29.1. The number of carbonyl (C=O) groups excluding carboxylic acids is 1. The molecule has 2 heterocycles. The third kappa shape index (κ3) is 5.80. The number of benzene rings is 2. The molecule has 40 heavy (non-hydrogen) atoms. The van der Waals surface area contributed by atoms with Gasteiger partial charge in [0.15, 0.2) is 11.5 Å². The fraction of sp³-hybridized carbons (Fsp3) is 0.379. The second-order valence-corrected chi connectivity index (χ2v) is 9.62. The molecule has 0 spiro atoms. The smallest absolute Gasteiger partial charge is 0.331 e. The van der Waals surface area contributed by atoms with Gasteiger partial charge in [-0.05, 0) is 37.1 Å². The van der Waals surface area contributed by atoms with Gasteiger partial charge in [-0.2, -0.15) is 0 Å². The van der Waals surface area contributed by atoms with Gasteiger partial charge >= 0.3 is 5.97 Å². The number of aliphatic hydroxyl groups excluding tert-OH is 5. The van der Waals surface area contributed by atoms with Gasteiger partial charge < -0.3 is 44.2 Å². The van der Waals surface area contributed by atoms with Crippen LogP contribution in [0.1, 0.15) is 41.6 Å². The van der Waals surface area contributed by atoms with E-state index in [1.807, 2.05) is 6.07 Å². The van der Waals surface area contributed by atoms with Crippen molar-refractivity contribution in [2.24, 2.45) is 0 Å². The molecule has 0 saturated carbocycles. The Morgan fingerprint density at radius 2 is 1.82 bits per heavy atom. The van der Waals surface area contributed by atoms with Crippen LogP contribution in [0.25, 0.3) is 17.0 Å². The topological polar surface area (TPSA) is 176 Å². The van der Waals surface area contributed by atoms with E-state index >= 15 is 0 Å². The van der Waals surface area contributed by atoms with E-state index in [0.29, 0.717) is 11.1 Å². The van der Waals surface area contributed by atoms with Gasteiger partial charge in [0.05, 0.1) is 30.8 Å². The summed E-state index contributed by atoms with van der Waals surface area (Å²) in [6.07, 6.45) is -7.75. The minimum absolute atomic E-state index is 0.0362. The molecule has 7 atom stereocenters. The first-order valence-corrected chi connectivity index (χ1v) is 12.6. The molecule has 214 valence electrons. The summed E-state index contributed by atoms with van der Waals surface area (Å²) >= 11 is 0. The van der Waals surface area contributed by atoms with Crippen LogP contribution in [0.2, 0.25) is 0 Å².